The van der Waals surface area contributed by atoms with Gasteiger partial charge in [0.05, 0.1) is 13.0 Å². The molecule has 2 fully saturated rings. The number of amides is 1. The van der Waals surface area contributed by atoms with Crippen LogP contribution in [0.2, 0.25) is 0 Å². The summed E-state index contributed by atoms with van der Waals surface area (Å²) in [5.74, 6) is 2.09. The van der Waals surface area contributed by atoms with Gasteiger partial charge in [-0.3, -0.25) is 4.79 Å². The maximum Gasteiger partial charge on any atom is 0.225 e. The van der Waals surface area contributed by atoms with E-state index in [2.05, 4.69) is 22.8 Å². The van der Waals surface area contributed by atoms with Crippen LogP contribution in [-0.2, 0) is 4.79 Å². The first-order valence-electron chi connectivity index (χ1n) is 7.40. The van der Waals surface area contributed by atoms with Crippen molar-refractivity contribution in [1.82, 2.24) is 10.6 Å². The third kappa shape index (κ3) is 2.96. The number of carbonyl (C=O) groups is 1. The van der Waals surface area contributed by atoms with Gasteiger partial charge in [0.15, 0.2) is 0 Å². The monoisotopic (exact) mass is 274 g/mol. The van der Waals surface area contributed by atoms with E-state index < -0.39 is 0 Å². The van der Waals surface area contributed by atoms with Gasteiger partial charge in [-0.05, 0) is 36.5 Å². The quantitative estimate of drug-likeness (QED) is 0.856. The molecule has 3 rings (SSSR count). The summed E-state index contributed by atoms with van der Waals surface area (Å²) in [5, 5.41) is 6.45. The molecule has 1 saturated carbocycles. The Morgan fingerprint density at radius 1 is 1.30 bits per heavy atom. The van der Waals surface area contributed by atoms with E-state index in [9.17, 15) is 4.79 Å². The van der Waals surface area contributed by atoms with E-state index in [0.717, 1.165) is 31.3 Å². The van der Waals surface area contributed by atoms with Gasteiger partial charge in [0.25, 0.3) is 0 Å². The Labute approximate surface area is 119 Å². The highest BCUT2D eigenvalue weighted by molar-refractivity contribution is 5.80. The molecule has 2 aliphatic rings. The van der Waals surface area contributed by atoms with Gasteiger partial charge >= 0.3 is 0 Å². The van der Waals surface area contributed by atoms with Crippen molar-refractivity contribution in [2.24, 2.45) is 11.8 Å². The molecule has 0 spiro atoms. The maximum absolute atomic E-state index is 12.3. The van der Waals surface area contributed by atoms with E-state index in [1.807, 2.05) is 12.1 Å². The van der Waals surface area contributed by atoms with E-state index in [1.165, 1.54) is 18.4 Å². The molecule has 1 saturated heterocycles. The predicted molar refractivity (Wildman–Crippen MR) is 77.8 cm³/mol. The Morgan fingerprint density at radius 2 is 2.05 bits per heavy atom. The lowest BCUT2D eigenvalue weighted by Crippen LogP contribution is -2.35. The number of methoxy groups -OCH3 is 1. The van der Waals surface area contributed by atoms with Crippen LogP contribution in [0.4, 0.5) is 0 Å². The molecular weight excluding hydrogens is 252 g/mol. The summed E-state index contributed by atoms with van der Waals surface area (Å²) in [6.45, 7) is 2.49. The van der Waals surface area contributed by atoms with Gasteiger partial charge in [0, 0.05) is 25.6 Å². The Kier molecular flexibility index (Phi) is 3.92. The van der Waals surface area contributed by atoms with Crippen molar-refractivity contribution in [3.8, 4) is 5.75 Å². The topological polar surface area (TPSA) is 50.4 Å². The molecule has 0 radical (unpaired) electrons. The smallest absolute Gasteiger partial charge is 0.225 e. The summed E-state index contributed by atoms with van der Waals surface area (Å²) in [7, 11) is 1.67. The minimum Gasteiger partial charge on any atom is -0.497 e. The average Bonchev–Trinajstić information content (AvgIpc) is 3.19. The van der Waals surface area contributed by atoms with Crippen LogP contribution in [0.1, 0.15) is 24.3 Å². The highest BCUT2D eigenvalue weighted by Gasteiger charge is 2.34. The maximum atomic E-state index is 12.3. The molecule has 1 aliphatic heterocycles. The van der Waals surface area contributed by atoms with E-state index >= 15 is 0 Å². The largest absolute Gasteiger partial charge is 0.497 e. The lowest BCUT2D eigenvalue weighted by Gasteiger charge is -2.18. The standard InChI is InChI=1S/C16H22N2O2/c1-20-13-6-4-12(5-7-13)14-9-17-10-15(14)16(19)18-8-11-2-3-11/h4-7,11,14-15,17H,2-3,8-10H2,1H3,(H,18,19). The number of hydrogen-bond donors (Lipinski definition) is 2. The third-order valence-electron chi connectivity index (χ3n) is 4.36. The molecule has 1 amide bonds. The number of benzene rings is 1. The van der Waals surface area contributed by atoms with Crippen molar-refractivity contribution in [2.75, 3.05) is 26.7 Å². The van der Waals surface area contributed by atoms with Crippen LogP contribution in [0.25, 0.3) is 0 Å². The Morgan fingerprint density at radius 3 is 2.70 bits per heavy atom. The van der Waals surface area contributed by atoms with Crippen LogP contribution in [-0.4, -0.2) is 32.7 Å². The fourth-order valence-corrected chi connectivity index (χ4v) is 2.85. The van der Waals surface area contributed by atoms with Gasteiger partial charge < -0.3 is 15.4 Å². The first kappa shape index (κ1) is 13.4. The van der Waals surface area contributed by atoms with Crippen molar-refractivity contribution in [3.05, 3.63) is 29.8 Å². The number of ether oxygens (including phenoxy) is 1. The molecular formula is C16H22N2O2. The van der Waals surface area contributed by atoms with Gasteiger partial charge in [-0.15, -0.1) is 0 Å². The van der Waals surface area contributed by atoms with Crippen molar-refractivity contribution >= 4 is 5.91 Å². The van der Waals surface area contributed by atoms with Crippen molar-refractivity contribution in [3.63, 3.8) is 0 Å². The normalized spacial score (nSPS) is 25.4. The molecule has 1 aromatic rings. The van der Waals surface area contributed by atoms with Gasteiger partial charge in [-0.1, -0.05) is 12.1 Å². The fourth-order valence-electron chi connectivity index (χ4n) is 2.85. The first-order chi connectivity index (χ1) is 9.78. The summed E-state index contributed by atoms with van der Waals surface area (Å²) in [6, 6.07) is 8.06. The molecule has 1 aromatic carbocycles. The lowest BCUT2D eigenvalue weighted by molar-refractivity contribution is -0.124. The predicted octanol–water partition coefficient (Wildman–Crippen LogP) is 1.52. The molecule has 2 N–H and O–H groups in total. The van der Waals surface area contributed by atoms with E-state index in [-0.39, 0.29) is 17.7 Å². The number of carbonyl (C=O) groups excluding carboxylic acids is 1. The fraction of sp³-hybridized carbons (Fsp3) is 0.562. The Bertz CT molecular complexity index is 468. The second-order valence-electron chi connectivity index (χ2n) is 5.83. The summed E-state index contributed by atoms with van der Waals surface area (Å²) in [4.78, 5) is 12.3. The van der Waals surface area contributed by atoms with E-state index in [4.69, 9.17) is 4.74 Å². The summed E-state index contributed by atoms with van der Waals surface area (Å²) < 4.78 is 5.18. The first-order valence-corrected chi connectivity index (χ1v) is 7.40. The minimum atomic E-state index is 0.0437. The molecule has 108 valence electrons. The molecule has 4 heteroatoms. The van der Waals surface area contributed by atoms with Crippen molar-refractivity contribution in [1.29, 1.82) is 0 Å². The second-order valence-corrected chi connectivity index (χ2v) is 5.83. The molecule has 2 atom stereocenters. The van der Waals surface area contributed by atoms with Crippen LogP contribution in [0.15, 0.2) is 24.3 Å². The molecule has 4 nitrogen and oxygen atoms in total. The molecule has 0 aromatic heterocycles. The molecule has 2 unspecified atom stereocenters. The van der Waals surface area contributed by atoms with Gasteiger partial charge in [0.2, 0.25) is 5.91 Å². The number of hydrogen-bond acceptors (Lipinski definition) is 3. The second kappa shape index (κ2) is 5.83. The van der Waals surface area contributed by atoms with Gasteiger partial charge in [-0.25, -0.2) is 0 Å². The zero-order valence-electron chi connectivity index (χ0n) is 11.9. The van der Waals surface area contributed by atoms with Crippen molar-refractivity contribution < 1.29 is 9.53 Å². The van der Waals surface area contributed by atoms with Crippen LogP contribution in [0.5, 0.6) is 5.75 Å². The van der Waals surface area contributed by atoms with Crippen molar-refractivity contribution in [2.45, 2.75) is 18.8 Å². The minimum absolute atomic E-state index is 0.0437. The Hall–Kier alpha value is -1.55. The van der Waals surface area contributed by atoms with Gasteiger partial charge in [-0.2, -0.15) is 0 Å². The molecule has 20 heavy (non-hydrogen) atoms. The van der Waals surface area contributed by atoms with E-state index in [1.54, 1.807) is 7.11 Å². The third-order valence-corrected chi connectivity index (χ3v) is 4.36. The molecule has 0 bridgehead atoms. The highest BCUT2D eigenvalue weighted by atomic mass is 16.5. The van der Waals surface area contributed by atoms with E-state index in [0.29, 0.717) is 0 Å². The highest BCUT2D eigenvalue weighted by Crippen LogP contribution is 2.31. The molecule has 1 aliphatic carbocycles. The zero-order valence-corrected chi connectivity index (χ0v) is 11.9. The summed E-state index contributed by atoms with van der Waals surface area (Å²) >= 11 is 0. The number of rotatable bonds is 5. The average molecular weight is 274 g/mol. The SMILES string of the molecule is COc1ccc(C2CNCC2C(=O)NCC2CC2)cc1. The summed E-state index contributed by atoms with van der Waals surface area (Å²) in [6.07, 6.45) is 2.54. The number of nitrogens with one attached hydrogen (secondary N) is 2. The summed E-state index contributed by atoms with van der Waals surface area (Å²) in [5.41, 5.74) is 1.21. The Balaban J connectivity index is 1.65. The lowest BCUT2D eigenvalue weighted by atomic mass is 9.88. The van der Waals surface area contributed by atoms with Crippen LogP contribution >= 0.6 is 0 Å². The molecule has 1 heterocycles. The van der Waals surface area contributed by atoms with Crippen LogP contribution in [0, 0.1) is 11.8 Å². The zero-order chi connectivity index (χ0) is 13.9. The van der Waals surface area contributed by atoms with Crippen LogP contribution in [0.3, 0.4) is 0 Å². The van der Waals surface area contributed by atoms with Gasteiger partial charge in [0.1, 0.15) is 5.75 Å². The van der Waals surface area contributed by atoms with Crippen LogP contribution < -0.4 is 15.4 Å².